The predicted octanol–water partition coefficient (Wildman–Crippen LogP) is 0.650. The molecule has 0 saturated heterocycles. The summed E-state index contributed by atoms with van der Waals surface area (Å²) in [7, 11) is 3.90. The van der Waals surface area contributed by atoms with Gasteiger partial charge in [0.05, 0.1) is 6.54 Å². The van der Waals surface area contributed by atoms with Crippen molar-refractivity contribution in [3.8, 4) is 0 Å². The summed E-state index contributed by atoms with van der Waals surface area (Å²) in [5.74, 6) is -0.180. The maximum absolute atomic E-state index is 11.0. The van der Waals surface area contributed by atoms with Crippen LogP contribution in [0.3, 0.4) is 0 Å². The van der Waals surface area contributed by atoms with Crippen molar-refractivity contribution in [2.75, 3.05) is 30.9 Å². The Hall–Kier alpha value is -1.55. The maximum Gasteiger partial charge on any atom is 0.238 e. The molecule has 0 fully saturated rings. The molecule has 0 aliphatic carbocycles. The van der Waals surface area contributed by atoms with E-state index in [1.807, 2.05) is 43.3 Å². The molecule has 3 N–H and O–H groups in total. The van der Waals surface area contributed by atoms with Crippen LogP contribution < -0.4 is 16.0 Å². The summed E-state index contributed by atoms with van der Waals surface area (Å²) in [6.07, 6.45) is 0. The Balaban J connectivity index is 2.78. The second-order valence-corrected chi connectivity index (χ2v) is 3.20. The Bertz CT molecular complexity index is 323. The maximum atomic E-state index is 11.0. The summed E-state index contributed by atoms with van der Waals surface area (Å²) in [6, 6.07) is 7.59. The van der Waals surface area contributed by atoms with E-state index < -0.39 is 0 Å². The molecule has 0 heterocycles. The normalized spacial score (nSPS) is 9.64. The second kappa shape index (κ2) is 4.62. The van der Waals surface area contributed by atoms with Gasteiger partial charge in [-0.2, -0.15) is 0 Å². The van der Waals surface area contributed by atoms with Crippen LogP contribution in [0.25, 0.3) is 0 Å². The molecule has 0 aliphatic rings. The van der Waals surface area contributed by atoms with E-state index in [0.717, 1.165) is 11.4 Å². The van der Waals surface area contributed by atoms with Gasteiger partial charge in [0, 0.05) is 25.5 Å². The van der Waals surface area contributed by atoms with Crippen LogP contribution in [0.5, 0.6) is 0 Å². The lowest BCUT2D eigenvalue weighted by molar-refractivity contribution is -0.114. The van der Waals surface area contributed by atoms with Gasteiger partial charge in [-0.1, -0.05) is 6.07 Å². The molecule has 4 nitrogen and oxygen atoms in total. The third-order valence-corrected chi connectivity index (χ3v) is 1.83. The fourth-order valence-electron chi connectivity index (χ4n) is 1.07. The van der Waals surface area contributed by atoms with Crippen molar-refractivity contribution in [1.82, 2.24) is 0 Å². The number of benzene rings is 1. The Kier molecular flexibility index (Phi) is 3.48. The van der Waals surface area contributed by atoms with Crippen LogP contribution >= 0.6 is 0 Å². The lowest BCUT2D eigenvalue weighted by Gasteiger charge is -2.13. The smallest absolute Gasteiger partial charge is 0.238 e. The molecule has 0 aliphatic heterocycles. The first kappa shape index (κ1) is 10.5. The molecule has 0 spiro atoms. The first-order valence-corrected chi connectivity index (χ1v) is 4.41. The lowest BCUT2D eigenvalue weighted by atomic mass is 10.2. The van der Waals surface area contributed by atoms with E-state index in [-0.39, 0.29) is 12.5 Å². The highest BCUT2D eigenvalue weighted by Gasteiger charge is 2.00. The SMILES string of the molecule is CN(C)c1cccc(NC(=O)CN)c1. The van der Waals surface area contributed by atoms with Gasteiger partial charge in [0.15, 0.2) is 0 Å². The molecule has 0 radical (unpaired) electrons. The summed E-state index contributed by atoms with van der Waals surface area (Å²) in [5, 5.41) is 2.70. The average Bonchev–Trinajstić information content (AvgIpc) is 2.18. The minimum atomic E-state index is -0.180. The standard InChI is InChI=1S/C10H15N3O/c1-13(2)9-5-3-4-8(6-9)12-10(14)7-11/h3-6H,7,11H2,1-2H3,(H,12,14). The topological polar surface area (TPSA) is 58.4 Å². The van der Waals surface area contributed by atoms with Crippen molar-refractivity contribution in [1.29, 1.82) is 0 Å². The molecule has 0 aromatic heterocycles. The molecule has 4 heteroatoms. The van der Waals surface area contributed by atoms with E-state index in [4.69, 9.17) is 5.73 Å². The quantitative estimate of drug-likeness (QED) is 0.741. The Morgan fingerprint density at radius 3 is 2.79 bits per heavy atom. The number of rotatable bonds is 3. The van der Waals surface area contributed by atoms with Crippen LogP contribution in [-0.2, 0) is 4.79 Å². The molecule has 1 aromatic carbocycles. The van der Waals surface area contributed by atoms with Crippen molar-refractivity contribution in [3.63, 3.8) is 0 Å². The van der Waals surface area contributed by atoms with E-state index in [1.54, 1.807) is 0 Å². The molecule has 0 bridgehead atoms. The molecular formula is C10H15N3O. The van der Waals surface area contributed by atoms with Crippen LogP contribution in [0, 0.1) is 0 Å². The summed E-state index contributed by atoms with van der Waals surface area (Å²) in [6.45, 7) is 0.00614. The van der Waals surface area contributed by atoms with Gasteiger partial charge >= 0.3 is 0 Å². The number of nitrogens with one attached hydrogen (secondary N) is 1. The van der Waals surface area contributed by atoms with Gasteiger partial charge in [-0.3, -0.25) is 4.79 Å². The molecular weight excluding hydrogens is 178 g/mol. The highest BCUT2D eigenvalue weighted by molar-refractivity contribution is 5.92. The molecule has 1 aromatic rings. The number of nitrogens with zero attached hydrogens (tertiary/aromatic N) is 1. The van der Waals surface area contributed by atoms with Gasteiger partial charge in [0.25, 0.3) is 0 Å². The third kappa shape index (κ3) is 2.74. The number of anilines is 2. The zero-order valence-corrected chi connectivity index (χ0v) is 8.45. The van der Waals surface area contributed by atoms with Gasteiger partial charge in [0.2, 0.25) is 5.91 Å². The van der Waals surface area contributed by atoms with E-state index in [9.17, 15) is 4.79 Å². The summed E-state index contributed by atoms with van der Waals surface area (Å²) in [5.41, 5.74) is 7.01. The van der Waals surface area contributed by atoms with E-state index >= 15 is 0 Å². The van der Waals surface area contributed by atoms with Gasteiger partial charge in [0.1, 0.15) is 0 Å². The largest absolute Gasteiger partial charge is 0.378 e. The predicted molar refractivity (Wildman–Crippen MR) is 58.5 cm³/mol. The van der Waals surface area contributed by atoms with Gasteiger partial charge in [-0.05, 0) is 18.2 Å². The number of amides is 1. The van der Waals surface area contributed by atoms with Gasteiger partial charge in [-0.15, -0.1) is 0 Å². The van der Waals surface area contributed by atoms with E-state index in [0.29, 0.717) is 0 Å². The Labute approximate surface area is 83.7 Å². The Morgan fingerprint density at radius 1 is 1.50 bits per heavy atom. The van der Waals surface area contributed by atoms with Crippen molar-refractivity contribution in [3.05, 3.63) is 24.3 Å². The number of carbonyl (C=O) groups is 1. The van der Waals surface area contributed by atoms with E-state index in [1.165, 1.54) is 0 Å². The highest BCUT2D eigenvalue weighted by Crippen LogP contribution is 2.16. The zero-order valence-electron chi connectivity index (χ0n) is 8.45. The molecule has 14 heavy (non-hydrogen) atoms. The Morgan fingerprint density at radius 2 is 2.21 bits per heavy atom. The molecule has 0 saturated carbocycles. The van der Waals surface area contributed by atoms with Crippen molar-refractivity contribution < 1.29 is 4.79 Å². The van der Waals surface area contributed by atoms with Gasteiger partial charge < -0.3 is 16.0 Å². The highest BCUT2D eigenvalue weighted by atomic mass is 16.1. The third-order valence-electron chi connectivity index (χ3n) is 1.83. The monoisotopic (exact) mass is 193 g/mol. The van der Waals surface area contributed by atoms with Crippen LogP contribution in [0.1, 0.15) is 0 Å². The minimum Gasteiger partial charge on any atom is -0.378 e. The number of nitrogens with two attached hydrogens (primary N) is 1. The molecule has 0 unspecified atom stereocenters. The summed E-state index contributed by atoms with van der Waals surface area (Å²) in [4.78, 5) is 13.0. The zero-order chi connectivity index (χ0) is 10.6. The van der Waals surface area contributed by atoms with E-state index in [2.05, 4.69) is 5.32 Å². The fourth-order valence-corrected chi connectivity index (χ4v) is 1.07. The van der Waals surface area contributed by atoms with Crippen molar-refractivity contribution >= 4 is 17.3 Å². The van der Waals surface area contributed by atoms with Gasteiger partial charge in [-0.25, -0.2) is 0 Å². The van der Waals surface area contributed by atoms with Crippen molar-refractivity contribution in [2.24, 2.45) is 5.73 Å². The van der Waals surface area contributed by atoms with Crippen LogP contribution in [0.4, 0.5) is 11.4 Å². The first-order chi connectivity index (χ1) is 6.63. The van der Waals surface area contributed by atoms with Crippen LogP contribution in [0.15, 0.2) is 24.3 Å². The lowest BCUT2D eigenvalue weighted by Crippen LogP contribution is -2.22. The first-order valence-electron chi connectivity index (χ1n) is 4.41. The molecule has 0 atom stereocenters. The average molecular weight is 193 g/mol. The molecule has 1 amide bonds. The number of hydrogen-bond acceptors (Lipinski definition) is 3. The number of carbonyl (C=O) groups excluding carboxylic acids is 1. The van der Waals surface area contributed by atoms with Crippen LogP contribution in [-0.4, -0.2) is 26.5 Å². The fraction of sp³-hybridized carbons (Fsp3) is 0.300. The van der Waals surface area contributed by atoms with Crippen molar-refractivity contribution in [2.45, 2.75) is 0 Å². The molecule has 1 rings (SSSR count). The summed E-state index contributed by atoms with van der Waals surface area (Å²) < 4.78 is 0. The minimum absolute atomic E-state index is 0.00614. The second-order valence-electron chi connectivity index (χ2n) is 3.20. The van der Waals surface area contributed by atoms with Crippen LogP contribution in [0.2, 0.25) is 0 Å². The number of hydrogen-bond donors (Lipinski definition) is 2. The summed E-state index contributed by atoms with van der Waals surface area (Å²) >= 11 is 0. The molecule has 76 valence electrons.